The van der Waals surface area contributed by atoms with Crippen LogP contribution in [-0.4, -0.2) is 28.5 Å². The molecular weight excluding hydrogens is 348 g/mol. The van der Waals surface area contributed by atoms with Crippen LogP contribution in [0.2, 0.25) is 0 Å². The van der Waals surface area contributed by atoms with Crippen molar-refractivity contribution in [1.82, 2.24) is 14.9 Å². The first-order valence-corrected chi connectivity index (χ1v) is 8.76. The smallest absolute Gasteiger partial charge is 0.228 e. The van der Waals surface area contributed by atoms with Gasteiger partial charge in [0.15, 0.2) is 0 Å². The number of carbonyl (C=O) groups excluding carboxylic acids is 1. The summed E-state index contributed by atoms with van der Waals surface area (Å²) in [4.78, 5) is 17.0. The molecule has 0 bridgehead atoms. The second-order valence-electron chi connectivity index (χ2n) is 6.59. The first-order valence-electron chi connectivity index (χ1n) is 8.76. The van der Waals surface area contributed by atoms with Gasteiger partial charge in [-0.2, -0.15) is 0 Å². The number of anilines is 1. The van der Waals surface area contributed by atoms with Gasteiger partial charge in [0.25, 0.3) is 0 Å². The van der Waals surface area contributed by atoms with Crippen LogP contribution in [-0.2, 0) is 11.8 Å². The minimum absolute atomic E-state index is 0. The van der Waals surface area contributed by atoms with Crippen LogP contribution in [0.5, 0.6) is 0 Å². The minimum atomic E-state index is 0. The molecule has 6 heteroatoms. The Labute approximate surface area is 159 Å². The lowest BCUT2D eigenvalue weighted by atomic mass is 9.99. The van der Waals surface area contributed by atoms with Gasteiger partial charge in [0.05, 0.1) is 17.0 Å². The third-order valence-electron chi connectivity index (χ3n) is 4.87. The molecule has 1 fully saturated rings. The van der Waals surface area contributed by atoms with E-state index in [0.29, 0.717) is 0 Å². The van der Waals surface area contributed by atoms with Crippen molar-refractivity contribution in [2.45, 2.75) is 12.8 Å². The van der Waals surface area contributed by atoms with Crippen molar-refractivity contribution >= 4 is 35.0 Å². The summed E-state index contributed by atoms with van der Waals surface area (Å²) in [6.45, 7) is 1.78. The Morgan fingerprint density at radius 1 is 1.19 bits per heavy atom. The molecule has 1 saturated heterocycles. The molecule has 5 nitrogen and oxygen atoms in total. The Balaban J connectivity index is 0.00000196. The molecule has 3 aromatic rings. The topological polar surface area (TPSA) is 59.0 Å². The van der Waals surface area contributed by atoms with E-state index < -0.39 is 0 Å². The summed E-state index contributed by atoms with van der Waals surface area (Å²) in [6.07, 6.45) is 2.01. The van der Waals surface area contributed by atoms with Gasteiger partial charge in [-0.05, 0) is 55.8 Å². The van der Waals surface area contributed by atoms with Crippen molar-refractivity contribution in [3.8, 4) is 11.4 Å². The van der Waals surface area contributed by atoms with Crippen molar-refractivity contribution in [3.05, 3.63) is 48.5 Å². The van der Waals surface area contributed by atoms with Crippen LogP contribution in [0.15, 0.2) is 48.5 Å². The molecule has 4 rings (SSSR count). The SMILES string of the molecule is Cl.Cn1c(-c2ccc(NC(=O)C3CCCNC3)cc2)nc2ccccc21. The molecule has 2 N–H and O–H groups in total. The van der Waals surface area contributed by atoms with Crippen LogP contribution in [0.1, 0.15) is 12.8 Å². The van der Waals surface area contributed by atoms with Gasteiger partial charge in [0, 0.05) is 24.8 Å². The number of nitrogens with zero attached hydrogens (tertiary/aromatic N) is 2. The number of amides is 1. The highest BCUT2D eigenvalue weighted by Crippen LogP contribution is 2.25. The number of hydrogen-bond donors (Lipinski definition) is 2. The van der Waals surface area contributed by atoms with Gasteiger partial charge in [-0.15, -0.1) is 12.4 Å². The van der Waals surface area contributed by atoms with Crippen LogP contribution in [0, 0.1) is 5.92 Å². The van der Waals surface area contributed by atoms with E-state index >= 15 is 0 Å². The van der Waals surface area contributed by atoms with Gasteiger partial charge in [0.1, 0.15) is 5.82 Å². The Kier molecular flexibility index (Phi) is 5.59. The van der Waals surface area contributed by atoms with Crippen LogP contribution in [0.3, 0.4) is 0 Å². The second-order valence-corrected chi connectivity index (χ2v) is 6.59. The largest absolute Gasteiger partial charge is 0.327 e. The zero-order chi connectivity index (χ0) is 17.2. The fraction of sp³-hybridized carbons (Fsp3) is 0.300. The van der Waals surface area contributed by atoms with E-state index in [0.717, 1.165) is 54.0 Å². The summed E-state index contributed by atoms with van der Waals surface area (Å²) >= 11 is 0. The average Bonchev–Trinajstić information content (AvgIpc) is 3.00. The maximum atomic E-state index is 12.3. The number of carbonyl (C=O) groups is 1. The van der Waals surface area contributed by atoms with Crippen molar-refractivity contribution in [3.63, 3.8) is 0 Å². The summed E-state index contributed by atoms with van der Waals surface area (Å²) in [5, 5.41) is 6.30. The zero-order valence-electron chi connectivity index (χ0n) is 14.7. The quantitative estimate of drug-likeness (QED) is 0.740. The number of para-hydroxylation sites is 2. The number of rotatable bonds is 3. The molecule has 1 aliphatic heterocycles. The van der Waals surface area contributed by atoms with E-state index in [1.807, 2.05) is 49.5 Å². The third kappa shape index (κ3) is 3.59. The number of aromatic nitrogens is 2. The predicted molar refractivity (Wildman–Crippen MR) is 108 cm³/mol. The average molecular weight is 371 g/mol. The van der Waals surface area contributed by atoms with Gasteiger partial charge >= 0.3 is 0 Å². The van der Waals surface area contributed by atoms with Gasteiger partial charge in [-0.1, -0.05) is 12.1 Å². The molecule has 1 unspecified atom stereocenters. The molecule has 0 radical (unpaired) electrons. The molecule has 1 atom stereocenters. The predicted octanol–water partition coefficient (Wildman–Crippen LogP) is 3.60. The Morgan fingerprint density at radius 2 is 1.96 bits per heavy atom. The fourth-order valence-electron chi connectivity index (χ4n) is 3.43. The van der Waals surface area contributed by atoms with E-state index in [1.165, 1.54) is 0 Å². The minimum Gasteiger partial charge on any atom is -0.327 e. The lowest BCUT2D eigenvalue weighted by Crippen LogP contribution is -2.37. The Morgan fingerprint density at radius 3 is 2.65 bits per heavy atom. The van der Waals surface area contributed by atoms with Crippen molar-refractivity contribution in [2.24, 2.45) is 13.0 Å². The second kappa shape index (κ2) is 7.89. The number of fused-ring (bicyclic) bond motifs is 1. The highest BCUT2D eigenvalue weighted by Gasteiger charge is 2.20. The highest BCUT2D eigenvalue weighted by molar-refractivity contribution is 5.93. The zero-order valence-corrected chi connectivity index (χ0v) is 15.6. The number of piperidine rings is 1. The monoisotopic (exact) mass is 370 g/mol. The van der Waals surface area contributed by atoms with E-state index in [4.69, 9.17) is 4.98 Å². The maximum absolute atomic E-state index is 12.3. The molecule has 1 aliphatic rings. The van der Waals surface area contributed by atoms with Crippen molar-refractivity contribution in [1.29, 1.82) is 0 Å². The molecule has 2 heterocycles. The normalized spacial score (nSPS) is 16.9. The number of nitrogens with one attached hydrogen (secondary N) is 2. The molecule has 26 heavy (non-hydrogen) atoms. The van der Waals surface area contributed by atoms with Crippen molar-refractivity contribution in [2.75, 3.05) is 18.4 Å². The number of benzene rings is 2. The van der Waals surface area contributed by atoms with E-state index in [2.05, 4.69) is 21.3 Å². The van der Waals surface area contributed by atoms with Gasteiger partial charge in [0.2, 0.25) is 5.91 Å². The summed E-state index contributed by atoms with van der Waals surface area (Å²) in [5.74, 6) is 1.09. The van der Waals surface area contributed by atoms with Crippen molar-refractivity contribution < 1.29 is 4.79 Å². The molecule has 136 valence electrons. The molecule has 0 aliphatic carbocycles. The lowest BCUT2D eigenvalue weighted by Gasteiger charge is -2.21. The lowest BCUT2D eigenvalue weighted by molar-refractivity contribution is -0.120. The van der Waals surface area contributed by atoms with Gasteiger partial charge in [-0.25, -0.2) is 4.98 Å². The van der Waals surface area contributed by atoms with Crippen LogP contribution in [0.4, 0.5) is 5.69 Å². The van der Waals surface area contributed by atoms with Crippen LogP contribution < -0.4 is 10.6 Å². The van der Waals surface area contributed by atoms with Crippen LogP contribution in [0.25, 0.3) is 22.4 Å². The number of aryl methyl sites for hydroxylation is 1. The first-order chi connectivity index (χ1) is 12.2. The number of imidazole rings is 1. The number of hydrogen-bond acceptors (Lipinski definition) is 3. The summed E-state index contributed by atoms with van der Waals surface area (Å²) < 4.78 is 2.09. The van der Waals surface area contributed by atoms with Gasteiger partial charge in [-0.3, -0.25) is 4.79 Å². The Bertz CT molecular complexity index is 898. The van der Waals surface area contributed by atoms with E-state index in [1.54, 1.807) is 0 Å². The third-order valence-corrected chi connectivity index (χ3v) is 4.87. The first kappa shape index (κ1) is 18.4. The molecule has 0 spiro atoms. The molecule has 1 amide bonds. The summed E-state index contributed by atoms with van der Waals surface area (Å²) in [5.41, 5.74) is 3.97. The molecule has 0 saturated carbocycles. The number of halogens is 1. The highest BCUT2D eigenvalue weighted by atomic mass is 35.5. The maximum Gasteiger partial charge on any atom is 0.228 e. The molecular formula is C20H23ClN4O. The Hall–Kier alpha value is -2.37. The summed E-state index contributed by atoms with van der Waals surface area (Å²) in [6, 6.07) is 16.0. The van der Waals surface area contributed by atoms with E-state index in [-0.39, 0.29) is 24.2 Å². The van der Waals surface area contributed by atoms with E-state index in [9.17, 15) is 4.79 Å². The standard InChI is InChI=1S/C20H22N4O.ClH/c1-24-18-7-3-2-6-17(18)23-19(24)14-8-10-16(11-9-14)22-20(25)15-5-4-12-21-13-15;/h2-3,6-11,15,21H,4-5,12-13H2,1H3,(H,22,25);1H. The summed E-state index contributed by atoms with van der Waals surface area (Å²) in [7, 11) is 2.02. The van der Waals surface area contributed by atoms with Crippen LogP contribution >= 0.6 is 12.4 Å². The fourth-order valence-corrected chi connectivity index (χ4v) is 3.43. The molecule has 1 aromatic heterocycles. The molecule has 2 aromatic carbocycles. The van der Waals surface area contributed by atoms with Gasteiger partial charge < -0.3 is 15.2 Å².